The van der Waals surface area contributed by atoms with Crippen molar-refractivity contribution >= 4 is 28.6 Å². The lowest BCUT2D eigenvalue weighted by Gasteiger charge is -2.21. The van der Waals surface area contributed by atoms with Gasteiger partial charge in [-0.2, -0.15) is 4.18 Å². The Morgan fingerprint density at radius 1 is 1.46 bits per heavy atom. The van der Waals surface area contributed by atoms with Gasteiger partial charge in [-0.15, -0.1) is 0 Å². The number of benzene rings is 1. The molecule has 1 rings (SSSR count). The fourth-order valence-corrected chi connectivity index (χ4v) is 2.87. The van der Waals surface area contributed by atoms with E-state index < -0.39 is 11.9 Å². The SMILES string of the molecule is CCOc1c(C(C)=O)cc(Cl)c(F)c1C(N)CO[S+](C)C(C)(C)C. The maximum Gasteiger partial charge on any atom is 0.163 e. The highest BCUT2D eigenvalue weighted by molar-refractivity contribution is 7.93. The predicted molar refractivity (Wildman–Crippen MR) is 98.5 cm³/mol. The first kappa shape index (κ1) is 21.2. The Bertz CT molecular complexity index is 604. The molecule has 0 fully saturated rings. The molecule has 2 unspecified atom stereocenters. The molecule has 7 heteroatoms. The number of Topliss-reactive ketones (excluding diaryl/α,β-unsaturated/α-hetero) is 1. The molecule has 0 radical (unpaired) electrons. The van der Waals surface area contributed by atoms with Crippen molar-refractivity contribution in [3.05, 3.63) is 28.0 Å². The van der Waals surface area contributed by atoms with Gasteiger partial charge in [0.15, 0.2) is 10.5 Å². The highest BCUT2D eigenvalue weighted by Crippen LogP contribution is 2.36. The molecule has 0 heterocycles. The quantitative estimate of drug-likeness (QED) is 0.574. The van der Waals surface area contributed by atoms with Crippen LogP contribution < -0.4 is 10.5 Å². The molecule has 0 aliphatic heterocycles. The molecule has 2 N–H and O–H groups in total. The molecule has 4 nitrogen and oxygen atoms in total. The van der Waals surface area contributed by atoms with Crippen molar-refractivity contribution in [2.45, 2.75) is 45.4 Å². The van der Waals surface area contributed by atoms with Gasteiger partial charge in [-0.1, -0.05) is 11.6 Å². The third-order valence-electron chi connectivity index (χ3n) is 3.53. The lowest BCUT2D eigenvalue weighted by atomic mass is 10.00. The van der Waals surface area contributed by atoms with E-state index >= 15 is 0 Å². The average Bonchev–Trinajstić information content (AvgIpc) is 2.47. The zero-order valence-corrected chi connectivity index (χ0v) is 16.6. The molecule has 0 amide bonds. The van der Waals surface area contributed by atoms with Crippen LogP contribution in [0.25, 0.3) is 0 Å². The van der Waals surface area contributed by atoms with Gasteiger partial charge in [0.2, 0.25) is 0 Å². The van der Waals surface area contributed by atoms with E-state index in [2.05, 4.69) is 20.8 Å². The van der Waals surface area contributed by atoms with E-state index in [1.807, 2.05) is 6.26 Å². The van der Waals surface area contributed by atoms with Crippen LogP contribution in [-0.2, 0) is 15.4 Å². The summed E-state index contributed by atoms with van der Waals surface area (Å²) in [6.45, 7) is 9.68. The average molecular weight is 379 g/mol. The summed E-state index contributed by atoms with van der Waals surface area (Å²) in [6.07, 6.45) is 1.96. The number of nitrogens with two attached hydrogens (primary N) is 1. The fraction of sp³-hybridized carbons (Fsp3) is 0.588. The highest BCUT2D eigenvalue weighted by Gasteiger charge is 2.34. The maximum absolute atomic E-state index is 14.6. The normalized spacial score (nSPS) is 14.4. The standard InChI is InChI=1S/C17H26ClFNO3S/c1-7-22-16-11(10(2)21)8-12(18)15(19)14(16)13(20)9-23-24(6)17(3,4)5/h8,13H,7,9,20H2,1-6H3/q+1. The second kappa shape index (κ2) is 8.52. The molecule has 0 saturated heterocycles. The van der Waals surface area contributed by atoms with Gasteiger partial charge in [0, 0.05) is 0 Å². The minimum absolute atomic E-state index is 0.0418. The second-order valence-electron chi connectivity index (χ2n) is 6.41. The minimum Gasteiger partial charge on any atom is -0.493 e. The second-order valence-corrected chi connectivity index (χ2v) is 9.19. The first-order chi connectivity index (χ1) is 11.0. The van der Waals surface area contributed by atoms with Crippen LogP contribution in [0.2, 0.25) is 5.02 Å². The van der Waals surface area contributed by atoms with E-state index in [4.69, 9.17) is 26.3 Å². The lowest BCUT2D eigenvalue weighted by Crippen LogP contribution is -2.32. The number of hydrogen-bond acceptors (Lipinski definition) is 4. The molecule has 0 aliphatic rings. The molecule has 0 spiro atoms. The van der Waals surface area contributed by atoms with E-state index in [9.17, 15) is 9.18 Å². The molecule has 0 aromatic heterocycles. The van der Waals surface area contributed by atoms with Gasteiger partial charge in [-0.3, -0.25) is 4.79 Å². The molecular weight excluding hydrogens is 353 g/mol. The first-order valence-electron chi connectivity index (χ1n) is 7.71. The highest BCUT2D eigenvalue weighted by atomic mass is 35.5. The van der Waals surface area contributed by atoms with E-state index in [0.29, 0.717) is 0 Å². The van der Waals surface area contributed by atoms with Crippen LogP contribution in [0.15, 0.2) is 6.07 Å². The summed E-state index contributed by atoms with van der Waals surface area (Å²) >= 11 is 5.58. The zero-order chi connectivity index (χ0) is 18.7. The molecule has 0 aliphatic carbocycles. The molecule has 1 aromatic rings. The van der Waals surface area contributed by atoms with Crippen molar-refractivity contribution in [3.63, 3.8) is 0 Å². The Morgan fingerprint density at radius 3 is 2.50 bits per heavy atom. The molecule has 0 bridgehead atoms. The molecular formula is C17H26ClFNO3S+. The number of hydrogen-bond donors (Lipinski definition) is 1. The number of rotatable bonds is 7. The van der Waals surface area contributed by atoms with Gasteiger partial charge in [-0.05, 0) is 40.7 Å². The Morgan fingerprint density at radius 2 is 2.04 bits per heavy atom. The van der Waals surface area contributed by atoms with Crippen LogP contribution in [0.5, 0.6) is 5.75 Å². The van der Waals surface area contributed by atoms with Crippen molar-refractivity contribution < 1.29 is 18.1 Å². The molecule has 0 saturated carbocycles. The number of ketones is 1. The van der Waals surface area contributed by atoms with Crippen LogP contribution in [0.1, 0.15) is 56.6 Å². The topological polar surface area (TPSA) is 61.5 Å². The summed E-state index contributed by atoms with van der Waals surface area (Å²) in [7, 11) is 0. The third kappa shape index (κ3) is 5.09. The van der Waals surface area contributed by atoms with Gasteiger partial charge in [0.05, 0.1) is 28.8 Å². The van der Waals surface area contributed by atoms with Crippen molar-refractivity contribution in [1.82, 2.24) is 0 Å². The summed E-state index contributed by atoms with van der Waals surface area (Å²) in [5.74, 6) is -0.789. The summed E-state index contributed by atoms with van der Waals surface area (Å²) in [5.41, 5.74) is 6.45. The minimum atomic E-state index is -0.791. The molecule has 136 valence electrons. The van der Waals surface area contributed by atoms with Gasteiger partial charge in [0.1, 0.15) is 35.6 Å². The van der Waals surface area contributed by atoms with E-state index in [1.165, 1.54) is 13.0 Å². The van der Waals surface area contributed by atoms with Crippen molar-refractivity contribution in [2.75, 3.05) is 19.5 Å². The van der Waals surface area contributed by atoms with Gasteiger partial charge in [-0.25, -0.2) is 4.39 Å². The van der Waals surface area contributed by atoms with Gasteiger partial charge in [0.25, 0.3) is 0 Å². The largest absolute Gasteiger partial charge is 0.493 e. The monoisotopic (exact) mass is 378 g/mol. The van der Waals surface area contributed by atoms with Gasteiger partial charge >= 0.3 is 0 Å². The number of carbonyl (C=O) groups excluding carboxylic acids is 1. The predicted octanol–water partition coefficient (Wildman–Crippen LogP) is 4.06. The summed E-state index contributed by atoms with van der Waals surface area (Å²) in [4.78, 5) is 11.8. The Balaban J connectivity index is 3.22. The fourth-order valence-electron chi connectivity index (χ4n) is 1.96. The Hall–Kier alpha value is -0.820. The number of carbonyl (C=O) groups is 1. The summed E-state index contributed by atoms with van der Waals surface area (Å²) in [6, 6.07) is 0.488. The van der Waals surface area contributed by atoms with Crippen LogP contribution in [-0.4, -0.2) is 30.0 Å². The molecule has 2 atom stereocenters. The van der Waals surface area contributed by atoms with Crippen molar-refractivity contribution in [2.24, 2.45) is 5.73 Å². The van der Waals surface area contributed by atoms with Crippen molar-refractivity contribution in [3.8, 4) is 5.75 Å². The summed E-state index contributed by atoms with van der Waals surface area (Å²) in [5, 5.41) is -0.152. The van der Waals surface area contributed by atoms with E-state index in [1.54, 1.807) is 6.92 Å². The number of halogens is 2. The van der Waals surface area contributed by atoms with Crippen LogP contribution >= 0.6 is 11.6 Å². The van der Waals surface area contributed by atoms with E-state index in [0.717, 1.165) is 0 Å². The van der Waals surface area contributed by atoms with Crippen LogP contribution in [0, 0.1) is 5.82 Å². The summed E-state index contributed by atoms with van der Waals surface area (Å²) < 4.78 is 25.9. The smallest absolute Gasteiger partial charge is 0.163 e. The Labute approximate surface area is 151 Å². The number of ether oxygens (including phenoxy) is 1. The lowest BCUT2D eigenvalue weighted by molar-refractivity contribution is 0.101. The zero-order valence-electron chi connectivity index (χ0n) is 15.0. The van der Waals surface area contributed by atoms with E-state index in [-0.39, 0.29) is 56.8 Å². The maximum atomic E-state index is 14.6. The van der Waals surface area contributed by atoms with Crippen molar-refractivity contribution in [1.29, 1.82) is 0 Å². The van der Waals surface area contributed by atoms with Crippen LogP contribution in [0.3, 0.4) is 0 Å². The Kier molecular flexibility index (Phi) is 7.53. The first-order valence-corrected chi connectivity index (χ1v) is 9.64. The third-order valence-corrected chi connectivity index (χ3v) is 6.02. The van der Waals surface area contributed by atoms with Gasteiger partial charge < -0.3 is 10.5 Å². The molecule has 1 aromatic carbocycles. The molecule has 24 heavy (non-hydrogen) atoms. The van der Waals surface area contributed by atoms with Crippen LogP contribution in [0.4, 0.5) is 4.39 Å².